The van der Waals surface area contributed by atoms with E-state index in [-0.39, 0.29) is 30.3 Å². The van der Waals surface area contributed by atoms with Gasteiger partial charge < -0.3 is 26.2 Å². The van der Waals surface area contributed by atoms with E-state index < -0.39 is 24.3 Å². The Balaban J connectivity index is 1.91. The molecule has 10 nitrogen and oxygen atoms in total. The zero-order valence-electron chi connectivity index (χ0n) is 19.4. The molecule has 0 bridgehead atoms. The number of aliphatic hydroxyl groups is 1. The van der Waals surface area contributed by atoms with Crippen LogP contribution in [0.25, 0.3) is 0 Å². The van der Waals surface area contributed by atoms with E-state index in [1.54, 1.807) is 24.3 Å². The van der Waals surface area contributed by atoms with Gasteiger partial charge in [0.25, 0.3) is 0 Å². The van der Waals surface area contributed by atoms with Crippen LogP contribution in [0.15, 0.2) is 24.3 Å². The lowest BCUT2D eigenvalue weighted by atomic mass is 9.86. The summed E-state index contributed by atoms with van der Waals surface area (Å²) in [5.74, 6) is -0.984. The molecule has 1 aromatic carbocycles. The molecular formula is C23H37N5O5. The highest BCUT2D eigenvalue weighted by Gasteiger charge is 2.27. The Morgan fingerprint density at radius 2 is 1.79 bits per heavy atom. The molecule has 0 spiro atoms. The normalized spacial score (nSPS) is 16.4. The predicted octanol–water partition coefficient (Wildman–Crippen LogP) is 0.541. The number of carbonyl (C=O) groups is 3. The number of aliphatic hydroxyl groups excluding tert-OH is 1. The fourth-order valence-electron chi connectivity index (χ4n) is 3.23. The maximum absolute atomic E-state index is 12.9. The summed E-state index contributed by atoms with van der Waals surface area (Å²) in [6, 6.07) is 5.45. The number of carbonyl (C=O) groups excluding carboxylic acids is 3. The zero-order chi connectivity index (χ0) is 24.4. The lowest BCUT2D eigenvalue weighted by molar-refractivity contribution is -0.152. The van der Waals surface area contributed by atoms with Crippen LogP contribution in [0.3, 0.4) is 0 Å². The molecule has 1 saturated carbocycles. The fourth-order valence-corrected chi connectivity index (χ4v) is 3.23. The number of hydrogen-bond donors (Lipinski definition) is 6. The maximum Gasteiger partial charge on any atom is 0.309 e. The Hall–Kier alpha value is -2.53. The van der Waals surface area contributed by atoms with E-state index >= 15 is 0 Å². The minimum atomic E-state index is -1.15. The monoisotopic (exact) mass is 463 g/mol. The molecule has 0 radical (unpaired) electrons. The van der Waals surface area contributed by atoms with Crippen molar-refractivity contribution in [1.29, 1.82) is 0 Å². The SMILES string of the molecule is CC(C)[C@H](N)C(=O)N[C@@H](CCCNC(N)O)C(=O)Nc1ccc(COC(=O)C2CCC2)cc1. The molecule has 184 valence electrons. The first-order chi connectivity index (χ1) is 15.7. The topological polar surface area (TPSA) is 169 Å². The van der Waals surface area contributed by atoms with Crippen molar-refractivity contribution in [2.75, 3.05) is 11.9 Å². The van der Waals surface area contributed by atoms with E-state index in [1.807, 2.05) is 13.8 Å². The Bertz CT molecular complexity index is 780. The van der Waals surface area contributed by atoms with Gasteiger partial charge in [0.1, 0.15) is 12.6 Å². The largest absolute Gasteiger partial charge is 0.461 e. The Morgan fingerprint density at radius 3 is 2.33 bits per heavy atom. The van der Waals surface area contributed by atoms with E-state index in [0.717, 1.165) is 24.8 Å². The number of ether oxygens (including phenoxy) is 1. The second-order valence-electron chi connectivity index (χ2n) is 8.79. The van der Waals surface area contributed by atoms with Crippen molar-refractivity contribution in [3.8, 4) is 0 Å². The summed E-state index contributed by atoms with van der Waals surface area (Å²) in [5.41, 5.74) is 12.5. The third-order valence-corrected chi connectivity index (χ3v) is 5.72. The van der Waals surface area contributed by atoms with E-state index in [0.29, 0.717) is 25.1 Å². The van der Waals surface area contributed by atoms with Gasteiger partial charge in [0, 0.05) is 5.69 Å². The van der Waals surface area contributed by atoms with Gasteiger partial charge in [-0.3, -0.25) is 25.4 Å². The van der Waals surface area contributed by atoms with Gasteiger partial charge in [-0.25, -0.2) is 0 Å². The molecule has 0 saturated heterocycles. The minimum Gasteiger partial charge on any atom is -0.461 e. The number of amides is 2. The predicted molar refractivity (Wildman–Crippen MR) is 124 cm³/mol. The van der Waals surface area contributed by atoms with Gasteiger partial charge in [-0.2, -0.15) is 0 Å². The van der Waals surface area contributed by atoms with Crippen LogP contribution < -0.4 is 27.4 Å². The van der Waals surface area contributed by atoms with Crippen molar-refractivity contribution >= 4 is 23.5 Å². The third-order valence-electron chi connectivity index (χ3n) is 5.72. The van der Waals surface area contributed by atoms with Crippen LogP contribution in [-0.4, -0.2) is 47.9 Å². The van der Waals surface area contributed by atoms with Gasteiger partial charge in [-0.05, 0) is 55.8 Å². The summed E-state index contributed by atoms with van der Waals surface area (Å²) in [4.78, 5) is 37.1. The second-order valence-corrected chi connectivity index (χ2v) is 8.79. The van der Waals surface area contributed by atoms with Crippen LogP contribution in [0.5, 0.6) is 0 Å². The van der Waals surface area contributed by atoms with Crippen molar-refractivity contribution < 1.29 is 24.2 Å². The van der Waals surface area contributed by atoms with Crippen LogP contribution in [0, 0.1) is 11.8 Å². The van der Waals surface area contributed by atoms with E-state index in [1.165, 1.54) is 0 Å². The quantitative estimate of drug-likeness (QED) is 0.140. The Labute approximate surface area is 194 Å². The van der Waals surface area contributed by atoms with Crippen LogP contribution in [0.2, 0.25) is 0 Å². The Morgan fingerprint density at radius 1 is 1.12 bits per heavy atom. The zero-order valence-corrected chi connectivity index (χ0v) is 19.4. The first-order valence-electron chi connectivity index (χ1n) is 11.5. The first-order valence-corrected chi connectivity index (χ1v) is 11.5. The summed E-state index contributed by atoms with van der Waals surface area (Å²) in [6.45, 7) is 4.23. The second kappa shape index (κ2) is 13.2. The lowest BCUT2D eigenvalue weighted by Crippen LogP contribution is -2.51. The number of anilines is 1. The summed E-state index contributed by atoms with van der Waals surface area (Å²) in [7, 11) is 0. The van der Waals surface area contributed by atoms with Crippen molar-refractivity contribution in [2.45, 2.75) is 71.0 Å². The van der Waals surface area contributed by atoms with Crippen LogP contribution in [0.4, 0.5) is 5.69 Å². The Kier molecular flexibility index (Phi) is 10.7. The summed E-state index contributed by atoms with van der Waals surface area (Å²) in [6.07, 6.45) is 2.54. The highest BCUT2D eigenvalue weighted by atomic mass is 16.5. The molecule has 33 heavy (non-hydrogen) atoms. The fraction of sp³-hybridized carbons (Fsp3) is 0.609. The summed E-state index contributed by atoms with van der Waals surface area (Å²) < 4.78 is 5.33. The van der Waals surface area contributed by atoms with Gasteiger partial charge >= 0.3 is 5.97 Å². The average molecular weight is 464 g/mol. The number of esters is 1. The standard InChI is InChI=1S/C23H37N5O5/c1-14(2)19(24)21(30)28-18(7-4-12-26-23(25)32)20(29)27-17-10-8-15(9-11-17)13-33-22(31)16-5-3-6-16/h8-11,14,16,18-19,23,26,32H,3-7,12-13,24-25H2,1-2H3,(H,27,29)(H,28,30)/t18-,19-,23?/m0/s1. The summed E-state index contributed by atoms with van der Waals surface area (Å²) >= 11 is 0. The molecule has 0 aromatic heterocycles. The number of nitrogens with two attached hydrogens (primary N) is 2. The minimum absolute atomic E-state index is 0.0304. The molecule has 0 heterocycles. The van der Waals surface area contributed by atoms with Crippen molar-refractivity contribution in [3.05, 3.63) is 29.8 Å². The van der Waals surface area contributed by atoms with Gasteiger partial charge in [-0.15, -0.1) is 0 Å². The first kappa shape index (κ1) is 26.7. The van der Waals surface area contributed by atoms with Crippen LogP contribution in [-0.2, 0) is 25.7 Å². The average Bonchev–Trinajstić information content (AvgIpc) is 2.73. The number of nitrogens with one attached hydrogen (secondary N) is 3. The van der Waals surface area contributed by atoms with Crippen molar-refractivity contribution in [1.82, 2.24) is 10.6 Å². The molecule has 1 aromatic rings. The van der Waals surface area contributed by atoms with E-state index in [2.05, 4.69) is 16.0 Å². The molecule has 1 unspecified atom stereocenters. The lowest BCUT2D eigenvalue weighted by Gasteiger charge is -2.23. The van der Waals surface area contributed by atoms with Crippen LogP contribution >= 0.6 is 0 Å². The van der Waals surface area contributed by atoms with E-state index in [9.17, 15) is 14.4 Å². The molecule has 2 rings (SSSR count). The van der Waals surface area contributed by atoms with Crippen molar-refractivity contribution in [3.63, 3.8) is 0 Å². The molecule has 0 aliphatic heterocycles. The highest BCUT2D eigenvalue weighted by Crippen LogP contribution is 2.27. The number of rotatable bonds is 13. The third kappa shape index (κ3) is 9.09. The van der Waals surface area contributed by atoms with Crippen LogP contribution in [0.1, 0.15) is 51.5 Å². The molecule has 1 aliphatic rings. The smallest absolute Gasteiger partial charge is 0.309 e. The molecule has 10 heteroatoms. The molecule has 8 N–H and O–H groups in total. The molecule has 1 aliphatic carbocycles. The van der Waals surface area contributed by atoms with Gasteiger partial charge in [-0.1, -0.05) is 32.4 Å². The number of benzene rings is 1. The van der Waals surface area contributed by atoms with Gasteiger partial charge in [0.15, 0.2) is 6.35 Å². The van der Waals surface area contributed by atoms with Gasteiger partial charge in [0.2, 0.25) is 11.8 Å². The summed E-state index contributed by atoms with van der Waals surface area (Å²) in [5, 5.41) is 17.3. The number of hydrogen-bond acceptors (Lipinski definition) is 8. The molecular weight excluding hydrogens is 426 g/mol. The van der Waals surface area contributed by atoms with Crippen molar-refractivity contribution in [2.24, 2.45) is 23.3 Å². The molecule has 1 fully saturated rings. The molecule has 2 amide bonds. The highest BCUT2D eigenvalue weighted by molar-refractivity contribution is 5.97. The molecule has 3 atom stereocenters. The van der Waals surface area contributed by atoms with E-state index in [4.69, 9.17) is 21.3 Å². The van der Waals surface area contributed by atoms with Gasteiger partial charge in [0.05, 0.1) is 12.0 Å². The maximum atomic E-state index is 12.9.